The average molecular weight is 232 g/mol. The molecule has 1 aliphatic rings. The standard InChI is InChI=1S/C11H20OS2/c1-3-5-10(12)9(2)8-11-13-6-4-7-14-11/h8-10,12H,3-7H2,1-2H3. The molecule has 1 rings (SSSR count). The number of hydrogen-bond donors (Lipinski definition) is 1. The van der Waals surface area contributed by atoms with Crippen LogP contribution >= 0.6 is 23.5 Å². The molecule has 2 atom stereocenters. The quantitative estimate of drug-likeness (QED) is 0.801. The Hall–Kier alpha value is 0.400. The molecule has 1 fully saturated rings. The molecule has 0 aromatic heterocycles. The molecule has 14 heavy (non-hydrogen) atoms. The molecule has 1 aliphatic heterocycles. The Kier molecular flexibility index (Phi) is 6.06. The summed E-state index contributed by atoms with van der Waals surface area (Å²) in [5, 5.41) is 9.79. The van der Waals surface area contributed by atoms with E-state index >= 15 is 0 Å². The van der Waals surface area contributed by atoms with Gasteiger partial charge < -0.3 is 5.11 Å². The van der Waals surface area contributed by atoms with Gasteiger partial charge in [0.2, 0.25) is 0 Å². The minimum atomic E-state index is -0.157. The average Bonchev–Trinajstić information content (AvgIpc) is 2.19. The van der Waals surface area contributed by atoms with E-state index in [1.807, 2.05) is 23.5 Å². The second-order valence-electron chi connectivity index (χ2n) is 3.75. The molecule has 0 bridgehead atoms. The van der Waals surface area contributed by atoms with Gasteiger partial charge in [-0.15, -0.1) is 23.5 Å². The largest absolute Gasteiger partial charge is 0.393 e. The van der Waals surface area contributed by atoms with Crippen molar-refractivity contribution in [2.24, 2.45) is 5.92 Å². The van der Waals surface area contributed by atoms with Gasteiger partial charge in [-0.2, -0.15) is 0 Å². The fraction of sp³-hybridized carbons (Fsp3) is 0.818. The van der Waals surface area contributed by atoms with Crippen molar-refractivity contribution in [3.63, 3.8) is 0 Å². The predicted molar refractivity (Wildman–Crippen MR) is 67.7 cm³/mol. The molecule has 0 saturated carbocycles. The topological polar surface area (TPSA) is 20.2 Å². The van der Waals surface area contributed by atoms with Crippen molar-refractivity contribution in [2.75, 3.05) is 11.5 Å². The minimum Gasteiger partial charge on any atom is -0.393 e. The van der Waals surface area contributed by atoms with Gasteiger partial charge in [0.05, 0.1) is 6.10 Å². The van der Waals surface area contributed by atoms with E-state index in [-0.39, 0.29) is 6.10 Å². The summed E-state index contributed by atoms with van der Waals surface area (Å²) in [6.07, 6.45) is 5.39. The molecule has 1 heterocycles. The first-order valence-electron chi connectivity index (χ1n) is 5.39. The number of aliphatic hydroxyl groups excluding tert-OH is 1. The summed E-state index contributed by atoms with van der Waals surface area (Å²) >= 11 is 3.88. The van der Waals surface area contributed by atoms with Crippen LogP contribution in [0.15, 0.2) is 10.3 Å². The van der Waals surface area contributed by atoms with Crippen molar-refractivity contribution >= 4 is 23.5 Å². The monoisotopic (exact) mass is 232 g/mol. The number of aliphatic hydroxyl groups is 1. The van der Waals surface area contributed by atoms with Crippen LogP contribution in [0.5, 0.6) is 0 Å². The van der Waals surface area contributed by atoms with E-state index in [1.54, 1.807) is 0 Å². The third kappa shape index (κ3) is 4.28. The third-order valence-corrected chi connectivity index (χ3v) is 4.90. The van der Waals surface area contributed by atoms with E-state index in [0.29, 0.717) is 5.92 Å². The fourth-order valence-electron chi connectivity index (χ4n) is 1.43. The Bertz CT molecular complexity index is 184. The molecule has 0 spiro atoms. The summed E-state index contributed by atoms with van der Waals surface area (Å²) in [4.78, 5) is 0. The molecule has 0 aromatic rings. The number of rotatable bonds is 4. The van der Waals surface area contributed by atoms with Gasteiger partial charge in [-0.25, -0.2) is 0 Å². The second-order valence-corrected chi connectivity index (χ2v) is 6.28. The van der Waals surface area contributed by atoms with Gasteiger partial charge in [0.1, 0.15) is 0 Å². The third-order valence-electron chi connectivity index (χ3n) is 2.37. The SMILES string of the molecule is CCCC(O)C(C)C=C1SCCCS1. The Balaban J connectivity index is 2.39. The van der Waals surface area contributed by atoms with Gasteiger partial charge in [-0.3, -0.25) is 0 Å². The van der Waals surface area contributed by atoms with E-state index in [4.69, 9.17) is 0 Å². The van der Waals surface area contributed by atoms with Crippen LogP contribution < -0.4 is 0 Å². The maximum atomic E-state index is 9.79. The van der Waals surface area contributed by atoms with Crippen LogP contribution in [0, 0.1) is 5.92 Å². The van der Waals surface area contributed by atoms with Crippen LogP contribution in [0.1, 0.15) is 33.1 Å². The normalized spacial score (nSPS) is 21.8. The van der Waals surface area contributed by atoms with Crippen LogP contribution in [0.2, 0.25) is 0 Å². The van der Waals surface area contributed by atoms with Crippen LogP contribution in [0.25, 0.3) is 0 Å². The van der Waals surface area contributed by atoms with Crippen molar-refractivity contribution in [1.29, 1.82) is 0 Å². The van der Waals surface area contributed by atoms with Crippen LogP contribution in [-0.2, 0) is 0 Å². The zero-order valence-electron chi connectivity index (χ0n) is 9.03. The Morgan fingerprint density at radius 1 is 1.43 bits per heavy atom. The van der Waals surface area contributed by atoms with Crippen molar-refractivity contribution in [1.82, 2.24) is 0 Å². The first-order valence-corrected chi connectivity index (χ1v) is 7.36. The van der Waals surface area contributed by atoms with Crippen LogP contribution in [0.4, 0.5) is 0 Å². The van der Waals surface area contributed by atoms with Gasteiger partial charge >= 0.3 is 0 Å². The molecule has 0 amide bonds. The number of hydrogen-bond acceptors (Lipinski definition) is 3. The molecule has 0 aliphatic carbocycles. The lowest BCUT2D eigenvalue weighted by atomic mass is 10.0. The summed E-state index contributed by atoms with van der Waals surface area (Å²) in [5.74, 6) is 2.80. The summed E-state index contributed by atoms with van der Waals surface area (Å²) in [6, 6.07) is 0. The molecule has 82 valence electrons. The smallest absolute Gasteiger partial charge is 0.0600 e. The van der Waals surface area contributed by atoms with Crippen LogP contribution in [-0.4, -0.2) is 22.7 Å². The summed E-state index contributed by atoms with van der Waals surface area (Å²) in [7, 11) is 0. The zero-order chi connectivity index (χ0) is 10.4. The highest BCUT2D eigenvalue weighted by molar-refractivity contribution is 8.22. The lowest BCUT2D eigenvalue weighted by molar-refractivity contribution is 0.127. The minimum absolute atomic E-state index is 0.157. The van der Waals surface area contributed by atoms with Crippen molar-refractivity contribution in [3.8, 4) is 0 Å². The first-order chi connectivity index (χ1) is 6.74. The molecule has 3 heteroatoms. The molecule has 0 aromatic carbocycles. The van der Waals surface area contributed by atoms with Gasteiger partial charge in [0.15, 0.2) is 0 Å². The van der Waals surface area contributed by atoms with Gasteiger partial charge in [-0.05, 0) is 24.3 Å². The van der Waals surface area contributed by atoms with E-state index in [9.17, 15) is 5.11 Å². The molecular formula is C11H20OS2. The number of thioether (sulfide) groups is 2. The Labute approximate surface area is 95.7 Å². The maximum Gasteiger partial charge on any atom is 0.0600 e. The summed E-state index contributed by atoms with van der Waals surface area (Å²) in [5.41, 5.74) is 0. The molecular weight excluding hydrogens is 212 g/mol. The van der Waals surface area contributed by atoms with Crippen LogP contribution in [0.3, 0.4) is 0 Å². The first kappa shape index (κ1) is 12.5. The van der Waals surface area contributed by atoms with Crippen molar-refractivity contribution in [2.45, 2.75) is 39.2 Å². The highest BCUT2D eigenvalue weighted by atomic mass is 32.2. The highest BCUT2D eigenvalue weighted by Gasteiger charge is 2.13. The van der Waals surface area contributed by atoms with Crippen molar-refractivity contribution in [3.05, 3.63) is 10.3 Å². The second kappa shape index (κ2) is 6.81. The zero-order valence-corrected chi connectivity index (χ0v) is 10.7. The summed E-state index contributed by atoms with van der Waals surface area (Å²) in [6.45, 7) is 4.23. The van der Waals surface area contributed by atoms with E-state index < -0.39 is 0 Å². The lowest BCUT2D eigenvalue weighted by Gasteiger charge is -2.18. The maximum absolute atomic E-state index is 9.79. The van der Waals surface area contributed by atoms with Gasteiger partial charge in [0, 0.05) is 10.2 Å². The molecule has 1 saturated heterocycles. The molecule has 1 nitrogen and oxygen atoms in total. The van der Waals surface area contributed by atoms with Gasteiger partial charge in [0.25, 0.3) is 0 Å². The Morgan fingerprint density at radius 3 is 2.64 bits per heavy atom. The molecule has 2 unspecified atom stereocenters. The van der Waals surface area contributed by atoms with E-state index in [1.165, 1.54) is 22.2 Å². The Morgan fingerprint density at radius 2 is 2.07 bits per heavy atom. The fourth-order valence-corrected chi connectivity index (χ4v) is 4.04. The summed E-state index contributed by atoms with van der Waals surface area (Å²) < 4.78 is 1.42. The highest BCUT2D eigenvalue weighted by Crippen LogP contribution is 2.35. The van der Waals surface area contributed by atoms with Crippen molar-refractivity contribution < 1.29 is 5.11 Å². The van der Waals surface area contributed by atoms with E-state index in [2.05, 4.69) is 19.9 Å². The molecule has 0 radical (unpaired) electrons. The van der Waals surface area contributed by atoms with Gasteiger partial charge in [-0.1, -0.05) is 26.3 Å². The lowest BCUT2D eigenvalue weighted by Crippen LogP contribution is -2.15. The molecule has 1 N–H and O–H groups in total. The predicted octanol–water partition coefficient (Wildman–Crippen LogP) is 3.50. The van der Waals surface area contributed by atoms with E-state index in [0.717, 1.165) is 12.8 Å².